The first kappa shape index (κ1) is 25.5. The first-order chi connectivity index (χ1) is 20.2. The number of hydrogen-bond donors (Lipinski definition) is 1. The fourth-order valence-corrected chi connectivity index (χ4v) is 8.18. The Hall–Kier alpha value is -3.23. The third-order valence-electron chi connectivity index (χ3n) is 10.1. The lowest BCUT2D eigenvalue weighted by molar-refractivity contribution is 0.111. The maximum absolute atomic E-state index is 6.68. The molecule has 8 heteroatoms. The van der Waals surface area contributed by atoms with Gasteiger partial charge in [-0.15, -0.1) is 0 Å². The lowest BCUT2D eigenvalue weighted by atomic mass is 9.95. The minimum absolute atomic E-state index is 0.160. The largest absolute Gasteiger partial charge is 0.474 e. The van der Waals surface area contributed by atoms with Crippen LogP contribution in [0.2, 0.25) is 0 Å². The standard InChI is InChI=1S/C33H41N7O/c1-2-7-23-8-3-9-24-10-4-11-25(28(23)24)18-39-22-34-29-30(39)36-32(38-19-26-12-13-27(20-38)35-26)37-31(29)41-21-33-14-5-16-40(33)17-6-15-33/h3-4,8-11,22,26-27,35H,2,5-7,12-21H2,1H3. The van der Waals surface area contributed by atoms with E-state index in [1.807, 2.05) is 6.33 Å². The lowest BCUT2D eigenvalue weighted by Gasteiger charge is -2.33. The molecule has 2 aromatic heterocycles. The highest BCUT2D eigenvalue weighted by atomic mass is 16.5. The van der Waals surface area contributed by atoms with Crippen LogP contribution >= 0.6 is 0 Å². The molecular weight excluding hydrogens is 510 g/mol. The molecule has 0 radical (unpaired) electrons. The van der Waals surface area contributed by atoms with Crippen LogP contribution in [0.3, 0.4) is 0 Å². The van der Waals surface area contributed by atoms with E-state index in [0.29, 0.717) is 24.6 Å². The van der Waals surface area contributed by atoms with Crippen LogP contribution in [0.15, 0.2) is 42.7 Å². The molecule has 0 saturated carbocycles. The molecule has 8 rings (SSSR count). The summed E-state index contributed by atoms with van der Waals surface area (Å²) < 4.78 is 8.89. The van der Waals surface area contributed by atoms with E-state index in [4.69, 9.17) is 19.7 Å². The van der Waals surface area contributed by atoms with Crippen molar-refractivity contribution in [3.05, 3.63) is 53.9 Å². The van der Waals surface area contributed by atoms with Crippen LogP contribution in [-0.2, 0) is 13.0 Å². The van der Waals surface area contributed by atoms with E-state index in [2.05, 4.69) is 63.0 Å². The number of rotatable bonds is 8. The molecule has 4 aromatic rings. The molecule has 0 spiro atoms. The van der Waals surface area contributed by atoms with Crippen LogP contribution < -0.4 is 15.0 Å². The van der Waals surface area contributed by atoms with Gasteiger partial charge in [0.05, 0.1) is 18.4 Å². The van der Waals surface area contributed by atoms with E-state index in [9.17, 15) is 0 Å². The van der Waals surface area contributed by atoms with Gasteiger partial charge in [-0.3, -0.25) is 4.90 Å². The SMILES string of the molecule is CCCc1cccc2cccc(Cn3cnc4c(OCC56CCCN5CCC6)nc(N5CC6CCC(C5)N6)nc43)c12. The van der Waals surface area contributed by atoms with E-state index in [0.717, 1.165) is 49.6 Å². The minimum atomic E-state index is 0.160. The van der Waals surface area contributed by atoms with E-state index in [1.165, 1.54) is 73.5 Å². The number of hydrogen-bond acceptors (Lipinski definition) is 7. The Morgan fingerprint density at radius 1 is 0.976 bits per heavy atom. The first-order valence-corrected chi connectivity index (χ1v) is 15.8. The summed E-state index contributed by atoms with van der Waals surface area (Å²) in [5.41, 5.74) is 4.53. The van der Waals surface area contributed by atoms with Crippen molar-refractivity contribution >= 4 is 27.9 Å². The number of anilines is 1. The Morgan fingerprint density at radius 3 is 2.49 bits per heavy atom. The molecule has 214 valence electrons. The molecule has 2 unspecified atom stereocenters. The van der Waals surface area contributed by atoms with Crippen LogP contribution in [0.25, 0.3) is 21.9 Å². The predicted molar refractivity (Wildman–Crippen MR) is 163 cm³/mol. The van der Waals surface area contributed by atoms with E-state index < -0.39 is 0 Å². The van der Waals surface area contributed by atoms with Crippen molar-refractivity contribution in [3.8, 4) is 5.88 Å². The minimum Gasteiger partial charge on any atom is -0.474 e. The van der Waals surface area contributed by atoms with Crippen LogP contribution in [0.4, 0.5) is 5.95 Å². The maximum atomic E-state index is 6.68. The van der Waals surface area contributed by atoms with Gasteiger partial charge >= 0.3 is 0 Å². The number of fused-ring (bicyclic) bond motifs is 5. The number of aromatic nitrogens is 4. The van der Waals surface area contributed by atoms with Gasteiger partial charge in [0, 0.05) is 25.2 Å². The highest BCUT2D eigenvalue weighted by Gasteiger charge is 2.45. The topological polar surface area (TPSA) is 71.3 Å². The second kappa shape index (κ2) is 10.2. The normalized spacial score (nSPS) is 23.6. The molecule has 6 heterocycles. The third kappa shape index (κ3) is 4.47. The Kier molecular flexibility index (Phi) is 6.37. The van der Waals surface area contributed by atoms with Crippen molar-refractivity contribution in [2.24, 2.45) is 0 Å². The number of benzene rings is 2. The van der Waals surface area contributed by atoms with E-state index in [-0.39, 0.29) is 5.54 Å². The second-order valence-electron chi connectivity index (χ2n) is 12.8. The summed E-state index contributed by atoms with van der Waals surface area (Å²) in [4.78, 5) is 20.2. The third-order valence-corrected chi connectivity index (χ3v) is 10.1. The molecule has 4 fully saturated rings. The molecule has 8 nitrogen and oxygen atoms in total. The van der Waals surface area contributed by atoms with Gasteiger partial charge < -0.3 is 19.5 Å². The average molecular weight is 552 g/mol. The monoisotopic (exact) mass is 551 g/mol. The summed E-state index contributed by atoms with van der Waals surface area (Å²) in [7, 11) is 0. The quantitative estimate of drug-likeness (QED) is 0.333. The van der Waals surface area contributed by atoms with Crippen LogP contribution in [0.1, 0.15) is 63.0 Å². The van der Waals surface area contributed by atoms with Crippen LogP contribution in [-0.4, -0.2) is 74.8 Å². The Morgan fingerprint density at radius 2 is 1.73 bits per heavy atom. The fraction of sp³-hybridized carbons (Fsp3) is 0.545. The van der Waals surface area contributed by atoms with Gasteiger partial charge in [-0.05, 0) is 79.9 Å². The molecule has 1 N–H and O–H groups in total. The Labute approximate surface area is 242 Å². The molecule has 0 amide bonds. The van der Waals surface area contributed by atoms with Crippen molar-refractivity contribution in [3.63, 3.8) is 0 Å². The van der Waals surface area contributed by atoms with Gasteiger partial charge in [0.2, 0.25) is 11.8 Å². The predicted octanol–water partition coefficient (Wildman–Crippen LogP) is 4.93. The lowest BCUT2D eigenvalue weighted by Crippen LogP contribution is -2.51. The summed E-state index contributed by atoms with van der Waals surface area (Å²) in [5.74, 6) is 1.43. The second-order valence-corrected chi connectivity index (χ2v) is 12.8. The number of aryl methyl sites for hydroxylation is 1. The summed E-state index contributed by atoms with van der Waals surface area (Å²) in [6.45, 7) is 7.92. The zero-order chi connectivity index (χ0) is 27.4. The summed E-state index contributed by atoms with van der Waals surface area (Å²) in [5, 5.41) is 6.41. The van der Waals surface area contributed by atoms with Crippen molar-refractivity contribution in [2.75, 3.05) is 37.7 Å². The number of ether oxygens (including phenoxy) is 1. The molecule has 2 aromatic carbocycles. The van der Waals surface area contributed by atoms with Crippen LogP contribution in [0.5, 0.6) is 5.88 Å². The molecule has 4 aliphatic heterocycles. The Balaban J connectivity index is 1.18. The highest BCUT2D eigenvalue weighted by Crippen LogP contribution is 2.40. The maximum Gasteiger partial charge on any atom is 0.247 e. The molecule has 4 saturated heterocycles. The summed E-state index contributed by atoms with van der Waals surface area (Å²) >= 11 is 0. The summed E-state index contributed by atoms with van der Waals surface area (Å²) in [6, 6.07) is 14.4. The number of imidazole rings is 1. The van der Waals surface area contributed by atoms with Crippen molar-refractivity contribution in [1.29, 1.82) is 0 Å². The zero-order valence-electron chi connectivity index (χ0n) is 24.2. The number of piperazine rings is 1. The molecule has 2 bridgehead atoms. The number of nitrogens with one attached hydrogen (secondary N) is 1. The van der Waals surface area contributed by atoms with Gasteiger partial charge in [0.1, 0.15) is 6.61 Å². The first-order valence-electron chi connectivity index (χ1n) is 15.8. The van der Waals surface area contributed by atoms with Crippen LogP contribution in [0, 0.1) is 0 Å². The zero-order valence-corrected chi connectivity index (χ0v) is 24.2. The number of nitrogens with zero attached hydrogens (tertiary/aromatic N) is 6. The Bertz CT molecular complexity index is 1550. The fourth-order valence-electron chi connectivity index (χ4n) is 8.18. The van der Waals surface area contributed by atoms with Crippen molar-refractivity contribution in [2.45, 2.75) is 82.5 Å². The molecule has 41 heavy (non-hydrogen) atoms. The van der Waals surface area contributed by atoms with E-state index in [1.54, 1.807) is 0 Å². The summed E-state index contributed by atoms with van der Waals surface area (Å²) in [6.07, 6.45) is 11.5. The average Bonchev–Trinajstić information content (AvgIpc) is 3.76. The van der Waals surface area contributed by atoms with Gasteiger partial charge in [-0.25, -0.2) is 4.98 Å². The van der Waals surface area contributed by atoms with Crippen molar-refractivity contribution < 1.29 is 4.74 Å². The van der Waals surface area contributed by atoms with E-state index >= 15 is 0 Å². The van der Waals surface area contributed by atoms with Crippen molar-refractivity contribution in [1.82, 2.24) is 29.7 Å². The molecule has 2 atom stereocenters. The van der Waals surface area contributed by atoms with Gasteiger partial charge in [-0.2, -0.15) is 9.97 Å². The molecule has 4 aliphatic rings. The molecular formula is C33H41N7O. The smallest absolute Gasteiger partial charge is 0.247 e. The van der Waals surface area contributed by atoms with Gasteiger partial charge in [-0.1, -0.05) is 49.7 Å². The molecule has 0 aliphatic carbocycles. The highest BCUT2D eigenvalue weighted by molar-refractivity contribution is 5.89. The van der Waals surface area contributed by atoms with Gasteiger partial charge in [0.25, 0.3) is 0 Å². The van der Waals surface area contributed by atoms with Gasteiger partial charge in [0.15, 0.2) is 11.2 Å².